The van der Waals surface area contributed by atoms with Gasteiger partial charge in [-0.05, 0) is 48.1 Å². The molecule has 1 atom stereocenters. The van der Waals surface area contributed by atoms with E-state index < -0.39 is 18.0 Å². The molecule has 0 aliphatic heterocycles. The second-order valence-electron chi connectivity index (χ2n) is 9.45. The number of hydrogen-bond acceptors (Lipinski definition) is 4. The Bertz CT molecular complexity index is 1220. The normalized spacial score (nSPS) is 14.5. The van der Waals surface area contributed by atoms with Crippen molar-refractivity contribution in [2.75, 3.05) is 7.05 Å². The number of hydrogen-bond donors (Lipinski definition) is 3. The van der Waals surface area contributed by atoms with Crippen molar-refractivity contribution in [1.29, 1.82) is 0 Å². The van der Waals surface area contributed by atoms with Gasteiger partial charge in [-0.25, -0.2) is 4.79 Å². The summed E-state index contributed by atoms with van der Waals surface area (Å²) in [5.41, 5.74) is 2.44. The van der Waals surface area contributed by atoms with E-state index in [4.69, 9.17) is 4.42 Å². The molecule has 1 aliphatic rings. The molecule has 0 saturated heterocycles. The molecule has 8 nitrogen and oxygen atoms in total. The molecule has 2 aromatic carbocycles. The van der Waals surface area contributed by atoms with Crippen molar-refractivity contribution in [1.82, 2.24) is 15.5 Å². The van der Waals surface area contributed by atoms with Crippen LogP contribution in [0.5, 0.6) is 0 Å². The van der Waals surface area contributed by atoms with Crippen molar-refractivity contribution in [3.8, 4) is 11.3 Å². The SMILES string of the molecule is CNC(=O)[C@@H](NC(=O)c1ccc(-c2cccc(CN(Cc3ccccc3)C(=O)O)c2)o1)C1CCCCC1. The third kappa shape index (κ3) is 6.78. The summed E-state index contributed by atoms with van der Waals surface area (Å²) in [6, 6.07) is 19.6. The molecule has 8 heteroatoms. The fourth-order valence-corrected chi connectivity index (χ4v) is 4.89. The van der Waals surface area contributed by atoms with Crippen LogP contribution in [0.25, 0.3) is 11.3 Å². The third-order valence-electron chi connectivity index (χ3n) is 6.84. The van der Waals surface area contributed by atoms with Gasteiger partial charge < -0.3 is 20.2 Å². The molecule has 3 aromatic rings. The van der Waals surface area contributed by atoms with Crippen molar-refractivity contribution >= 4 is 17.9 Å². The number of carbonyl (C=O) groups excluding carboxylic acids is 2. The van der Waals surface area contributed by atoms with E-state index in [1.165, 1.54) is 4.90 Å². The number of amides is 3. The van der Waals surface area contributed by atoms with E-state index in [0.29, 0.717) is 5.76 Å². The maximum atomic E-state index is 13.0. The van der Waals surface area contributed by atoms with Gasteiger partial charge in [-0.2, -0.15) is 0 Å². The first-order valence-corrected chi connectivity index (χ1v) is 12.7. The van der Waals surface area contributed by atoms with Crippen LogP contribution in [0.1, 0.15) is 53.8 Å². The fourth-order valence-electron chi connectivity index (χ4n) is 4.89. The Labute approximate surface area is 216 Å². The van der Waals surface area contributed by atoms with E-state index in [1.54, 1.807) is 19.2 Å². The highest BCUT2D eigenvalue weighted by Gasteiger charge is 2.31. The Morgan fingerprint density at radius 1 is 0.946 bits per heavy atom. The molecule has 1 heterocycles. The van der Waals surface area contributed by atoms with Gasteiger partial charge in [-0.15, -0.1) is 0 Å². The van der Waals surface area contributed by atoms with Crippen molar-refractivity contribution in [3.63, 3.8) is 0 Å². The lowest BCUT2D eigenvalue weighted by Crippen LogP contribution is -2.50. The Morgan fingerprint density at radius 3 is 2.35 bits per heavy atom. The Hall–Kier alpha value is -4.07. The second kappa shape index (κ2) is 12.3. The van der Waals surface area contributed by atoms with E-state index in [0.717, 1.165) is 48.8 Å². The van der Waals surface area contributed by atoms with Gasteiger partial charge >= 0.3 is 6.09 Å². The predicted molar refractivity (Wildman–Crippen MR) is 140 cm³/mol. The van der Waals surface area contributed by atoms with E-state index in [2.05, 4.69) is 10.6 Å². The molecule has 4 rings (SSSR count). The molecule has 0 unspecified atom stereocenters. The molecule has 1 saturated carbocycles. The lowest BCUT2D eigenvalue weighted by Gasteiger charge is -2.29. The van der Waals surface area contributed by atoms with Crippen LogP contribution in [-0.4, -0.2) is 41.0 Å². The van der Waals surface area contributed by atoms with E-state index in [9.17, 15) is 19.5 Å². The first kappa shape index (κ1) is 26.0. The summed E-state index contributed by atoms with van der Waals surface area (Å²) < 4.78 is 5.86. The van der Waals surface area contributed by atoms with E-state index in [1.807, 2.05) is 54.6 Å². The summed E-state index contributed by atoms with van der Waals surface area (Å²) >= 11 is 0. The number of carboxylic acid groups (broad SMARTS) is 1. The minimum Gasteiger partial charge on any atom is -0.465 e. The van der Waals surface area contributed by atoms with Gasteiger partial charge in [0.25, 0.3) is 5.91 Å². The van der Waals surface area contributed by atoms with Crippen LogP contribution in [-0.2, 0) is 17.9 Å². The summed E-state index contributed by atoms with van der Waals surface area (Å²) in [4.78, 5) is 38.7. The fraction of sp³-hybridized carbons (Fsp3) is 0.345. The van der Waals surface area contributed by atoms with Gasteiger partial charge in [-0.1, -0.05) is 67.8 Å². The van der Waals surface area contributed by atoms with Crippen molar-refractivity contribution in [2.24, 2.45) is 5.92 Å². The van der Waals surface area contributed by atoms with Crippen LogP contribution < -0.4 is 10.6 Å². The maximum Gasteiger partial charge on any atom is 0.407 e. The van der Waals surface area contributed by atoms with E-state index in [-0.39, 0.29) is 30.7 Å². The number of nitrogens with zero attached hydrogens (tertiary/aromatic N) is 1. The molecule has 1 aliphatic carbocycles. The zero-order chi connectivity index (χ0) is 26.2. The highest BCUT2D eigenvalue weighted by atomic mass is 16.4. The molecular weight excluding hydrogens is 470 g/mol. The predicted octanol–water partition coefficient (Wildman–Crippen LogP) is 5.05. The topological polar surface area (TPSA) is 112 Å². The van der Waals surface area contributed by atoms with Gasteiger partial charge in [0.1, 0.15) is 11.8 Å². The standard InChI is InChI=1S/C29H33N3O5/c1-30-28(34)26(22-12-6-3-7-13-22)31-27(33)25-16-15-24(37-25)23-14-8-11-21(17-23)19-32(29(35)36)18-20-9-4-2-5-10-20/h2,4-5,8-11,14-17,22,26H,3,6-7,12-13,18-19H2,1H3,(H,30,34)(H,31,33)(H,35,36)/t26-/m0/s1. The molecule has 1 fully saturated rings. The summed E-state index contributed by atoms with van der Waals surface area (Å²) in [6.07, 6.45) is 4.08. The number of carbonyl (C=O) groups is 3. The molecular formula is C29H33N3O5. The third-order valence-corrected chi connectivity index (χ3v) is 6.84. The highest BCUT2D eigenvalue weighted by Crippen LogP contribution is 2.28. The molecule has 0 spiro atoms. The van der Waals surface area contributed by atoms with Crippen LogP contribution >= 0.6 is 0 Å². The smallest absolute Gasteiger partial charge is 0.407 e. The van der Waals surface area contributed by atoms with Gasteiger partial charge in [0, 0.05) is 25.7 Å². The summed E-state index contributed by atoms with van der Waals surface area (Å²) in [7, 11) is 1.58. The number of rotatable bonds is 9. The molecule has 37 heavy (non-hydrogen) atoms. The Balaban J connectivity index is 1.46. The van der Waals surface area contributed by atoms with Gasteiger partial charge in [0.15, 0.2) is 5.76 Å². The monoisotopic (exact) mass is 503 g/mol. The van der Waals surface area contributed by atoms with Crippen molar-refractivity contribution < 1.29 is 23.9 Å². The summed E-state index contributed by atoms with van der Waals surface area (Å²) in [6.45, 7) is 0.486. The average Bonchev–Trinajstić information content (AvgIpc) is 3.43. The lowest BCUT2D eigenvalue weighted by molar-refractivity contribution is -0.124. The zero-order valence-corrected chi connectivity index (χ0v) is 21.0. The molecule has 3 amide bonds. The molecule has 1 aromatic heterocycles. The van der Waals surface area contributed by atoms with Gasteiger partial charge in [0.2, 0.25) is 5.91 Å². The second-order valence-corrected chi connectivity index (χ2v) is 9.45. The zero-order valence-electron chi connectivity index (χ0n) is 21.0. The number of nitrogens with one attached hydrogen (secondary N) is 2. The first-order valence-electron chi connectivity index (χ1n) is 12.7. The van der Waals surface area contributed by atoms with Crippen LogP contribution in [0.4, 0.5) is 4.79 Å². The molecule has 0 bridgehead atoms. The quantitative estimate of drug-likeness (QED) is 0.378. The molecule has 194 valence electrons. The summed E-state index contributed by atoms with van der Waals surface area (Å²) in [5, 5.41) is 15.2. The van der Waals surface area contributed by atoms with E-state index >= 15 is 0 Å². The minimum atomic E-state index is -1.00. The average molecular weight is 504 g/mol. The van der Waals surface area contributed by atoms with Crippen LogP contribution in [0.2, 0.25) is 0 Å². The Morgan fingerprint density at radius 2 is 1.65 bits per heavy atom. The van der Waals surface area contributed by atoms with Crippen molar-refractivity contribution in [3.05, 3.63) is 83.6 Å². The van der Waals surface area contributed by atoms with Gasteiger partial charge in [0.05, 0.1) is 0 Å². The van der Waals surface area contributed by atoms with Crippen LogP contribution in [0, 0.1) is 5.92 Å². The maximum absolute atomic E-state index is 13.0. The lowest BCUT2D eigenvalue weighted by atomic mass is 9.83. The number of likely N-dealkylation sites (N-methyl/N-ethyl adjacent to an activating group) is 1. The largest absolute Gasteiger partial charge is 0.465 e. The van der Waals surface area contributed by atoms with Gasteiger partial charge in [-0.3, -0.25) is 14.5 Å². The van der Waals surface area contributed by atoms with Crippen LogP contribution in [0.15, 0.2) is 71.1 Å². The molecule has 3 N–H and O–H groups in total. The minimum absolute atomic E-state index is 0.108. The summed E-state index contributed by atoms with van der Waals surface area (Å²) in [5.74, 6) is 0.101. The Kier molecular flexibility index (Phi) is 8.61. The number of furan rings is 1. The number of benzene rings is 2. The first-order chi connectivity index (χ1) is 17.9. The van der Waals surface area contributed by atoms with Crippen LogP contribution in [0.3, 0.4) is 0 Å². The molecule has 0 radical (unpaired) electrons. The van der Waals surface area contributed by atoms with Crippen molar-refractivity contribution in [2.45, 2.75) is 51.2 Å². The highest BCUT2D eigenvalue weighted by molar-refractivity contribution is 5.96.